The van der Waals surface area contributed by atoms with Crippen molar-refractivity contribution in [2.24, 2.45) is 0 Å². The van der Waals surface area contributed by atoms with E-state index in [9.17, 15) is 4.79 Å². The first-order chi connectivity index (χ1) is 10.3. The Morgan fingerprint density at radius 3 is 3.00 bits per heavy atom. The van der Waals surface area contributed by atoms with Crippen LogP contribution in [-0.4, -0.2) is 22.4 Å². The van der Waals surface area contributed by atoms with Gasteiger partial charge in [-0.2, -0.15) is 0 Å². The molecule has 0 bridgehead atoms. The van der Waals surface area contributed by atoms with E-state index in [1.54, 1.807) is 11.3 Å². The molecule has 0 saturated carbocycles. The van der Waals surface area contributed by atoms with Crippen LogP contribution in [0.25, 0.3) is 10.9 Å². The van der Waals surface area contributed by atoms with Crippen molar-refractivity contribution in [3.05, 3.63) is 52.1 Å². The van der Waals surface area contributed by atoms with Crippen molar-refractivity contribution in [3.8, 4) is 0 Å². The van der Waals surface area contributed by atoms with E-state index in [0.29, 0.717) is 12.2 Å². The number of para-hydroxylation sites is 1. The van der Waals surface area contributed by atoms with Crippen LogP contribution >= 0.6 is 11.3 Å². The van der Waals surface area contributed by atoms with Gasteiger partial charge in [0, 0.05) is 34.9 Å². The van der Waals surface area contributed by atoms with Gasteiger partial charge in [0.25, 0.3) is 5.91 Å². The Morgan fingerprint density at radius 1 is 1.38 bits per heavy atom. The molecule has 5 heteroatoms. The van der Waals surface area contributed by atoms with E-state index in [1.165, 1.54) is 4.88 Å². The molecule has 0 saturated heterocycles. The lowest BCUT2D eigenvalue weighted by molar-refractivity contribution is 0.0950. The van der Waals surface area contributed by atoms with Crippen LogP contribution in [0.4, 0.5) is 0 Å². The number of benzene rings is 1. The Bertz CT molecular complexity index is 727. The van der Waals surface area contributed by atoms with Gasteiger partial charge in [-0.05, 0) is 18.6 Å². The van der Waals surface area contributed by atoms with Crippen LogP contribution < -0.4 is 5.32 Å². The average Bonchev–Trinajstić information content (AvgIpc) is 3.13. The number of hydrogen-bond acceptors (Lipinski definition) is 3. The highest BCUT2D eigenvalue weighted by Crippen LogP contribution is 2.15. The Balaban J connectivity index is 1.58. The van der Waals surface area contributed by atoms with Crippen LogP contribution in [0.2, 0.25) is 0 Å². The third-order valence-corrected chi connectivity index (χ3v) is 4.55. The molecule has 2 aromatic heterocycles. The fourth-order valence-corrected chi connectivity index (χ4v) is 3.06. The molecule has 2 heterocycles. The maximum atomic E-state index is 12.1. The highest BCUT2D eigenvalue weighted by Gasteiger charge is 2.09. The zero-order chi connectivity index (χ0) is 14.7. The van der Waals surface area contributed by atoms with Gasteiger partial charge in [-0.15, -0.1) is 11.3 Å². The van der Waals surface area contributed by atoms with Crippen molar-refractivity contribution in [3.63, 3.8) is 0 Å². The second-order valence-electron chi connectivity index (χ2n) is 4.85. The smallest absolute Gasteiger partial charge is 0.267 e. The molecular formula is C16H17N3OS. The van der Waals surface area contributed by atoms with Gasteiger partial charge in [0.1, 0.15) is 5.69 Å². The zero-order valence-electron chi connectivity index (χ0n) is 11.8. The molecule has 3 aromatic rings. The third-order valence-electron chi connectivity index (χ3n) is 3.35. The summed E-state index contributed by atoms with van der Waals surface area (Å²) in [5, 5.41) is 5.06. The van der Waals surface area contributed by atoms with Crippen LogP contribution in [0.1, 0.15) is 27.3 Å². The number of aryl methyl sites for hydroxylation is 1. The molecule has 0 aliphatic rings. The van der Waals surface area contributed by atoms with Crippen molar-refractivity contribution in [1.82, 2.24) is 15.3 Å². The fourth-order valence-electron chi connectivity index (χ4n) is 2.20. The minimum absolute atomic E-state index is 0.0709. The zero-order valence-corrected chi connectivity index (χ0v) is 12.7. The average molecular weight is 299 g/mol. The number of fused-ring (bicyclic) bond motifs is 1. The summed E-state index contributed by atoms with van der Waals surface area (Å²) in [6, 6.07) is 9.75. The second-order valence-corrected chi connectivity index (χ2v) is 6.05. The van der Waals surface area contributed by atoms with E-state index in [2.05, 4.69) is 22.2 Å². The molecule has 0 radical (unpaired) electrons. The topological polar surface area (TPSA) is 57.8 Å². The predicted octanol–water partition coefficient (Wildman–Crippen LogP) is 3.16. The summed E-state index contributed by atoms with van der Waals surface area (Å²) in [5.41, 5.74) is 1.58. The lowest BCUT2D eigenvalue weighted by Gasteiger charge is -2.01. The quantitative estimate of drug-likeness (QED) is 0.760. The first kappa shape index (κ1) is 13.8. The molecule has 108 valence electrons. The highest BCUT2D eigenvalue weighted by atomic mass is 32.1. The summed E-state index contributed by atoms with van der Waals surface area (Å²) in [7, 11) is 0. The Kier molecular flexibility index (Phi) is 4.01. The SMILES string of the molecule is CCc1cnc(CCNC(=O)c2cc3ccccc3[nH]2)s1. The van der Waals surface area contributed by atoms with Gasteiger partial charge in [-0.3, -0.25) is 4.79 Å². The van der Waals surface area contributed by atoms with Crippen LogP contribution in [0, 0.1) is 0 Å². The van der Waals surface area contributed by atoms with Crippen molar-refractivity contribution in [2.45, 2.75) is 19.8 Å². The number of carbonyl (C=O) groups is 1. The Labute approximate surface area is 127 Å². The van der Waals surface area contributed by atoms with E-state index >= 15 is 0 Å². The lowest BCUT2D eigenvalue weighted by Crippen LogP contribution is -2.25. The molecule has 1 aromatic carbocycles. The van der Waals surface area contributed by atoms with Gasteiger partial charge in [0.2, 0.25) is 0 Å². The summed E-state index contributed by atoms with van der Waals surface area (Å²) in [6.45, 7) is 2.72. The number of aromatic nitrogens is 2. The minimum Gasteiger partial charge on any atom is -0.351 e. The predicted molar refractivity (Wildman–Crippen MR) is 85.8 cm³/mol. The molecule has 4 nitrogen and oxygen atoms in total. The number of nitrogens with one attached hydrogen (secondary N) is 2. The van der Waals surface area contributed by atoms with Crippen LogP contribution in [0.5, 0.6) is 0 Å². The van der Waals surface area contributed by atoms with Gasteiger partial charge in [-0.1, -0.05) is 25.1 Å². The molecule has 0 aliphatic heterocycles. The van der Waals surface area contributed by atoms with Crippen molar-refractivity contribution >= 4 is 28.1 Å². The second kappa shape index (κ2) is 6.10. The summed E-state index contributed by atoms with van der Waals surface area (Å²) >= 11 is 1.71. The van der Waals surface area contributed by atoms with E-state index in [-0.39, 0.29) is 5.91 Å². The van der Waals surface area contributed by atoms with E-state index in [1.807, 2.05) is 36.5 Å². The summed E-state index contributed by atoms with van der Waals surface area (Å²) in [6.07, 6.45) is 3.70. The van der Waals surface area contributed by atoms with Crippen LogP contribution in [-0.2, 0) is 12.8 Å². The maximum Gasteiger partial charge on any atom is 0.267 e. The normalized spacial score (nSPS) is 10.9. The number of aromatic amines is 1. The minimum atomic E-state index is -0.0709. The molecule has 3 rings (SSSR count). The lowest BCUT2D eigenvalue weighted by atomic mass is 10.2. The number of thiazole rings is 1. The number of rotatable bonds is 5. The molecule has 2 N–H and O–H groups in total. The van der Waals surface area contributed by atoms with E-state index < -0.39 is 0 Å². The summed E-state index contributed by atoms with van der Waals surface area (Å²) in [4.78, 5) is 20.9. The molecule has 21 heavy (non-hydrogen) atoms. The van der Waals surface area contributed by atoms with Gasteiger partial charge in [-0.25, -0.2) is 4.98 Å². The molecule has 0 unspecified atom stereocenters. The van der Waals surface area contributed by atoms with Crippen LogP contribution in [0.15, 0.2) is 36.5 Å². The van der Waals surface area contributed by atoms with Gasteiger partial charge < -0.3 is 10.3 Å². The number of amides is 1. The summed E-state index contributed by atoms with van der Waals surface area (Å²) < 4.78 is 0. The van der Waals surface area contributed by atoms with Gasteiger partial charge in [0.15, 0.2) is 0 Å². The third kappa shape index (κ3) is 3.13. The molecule has 0 atom stereocenters. The molecule has 0 spiro atoms. The number of hydrogen-bond donors (Lipinski definition) is 2. The first-order valence-electron chi connectivity index (χ1n) is 7.06. The van der Waals surface area contributed by atoms with Crippen molar-refractivity contribution < 1.29 is 4.79 Å². The molecular weight excluding hydrogens is 282 g/mol. The molecule has 0 aliphatic carbocycles. The van der Waals surface area contributed by atoms with Crippen LogP contribution in [0.3, 0.4) is 0 Å². The number of nitrogens with zero attached hydrogens (tertiary/aromatic N) is 1. The van der Waals surface area contributed by atoms with E-state index in [0.717, 1.165) is 28.8 Å². The summed E-state index contributed by atoms with van der Waals surface area (Å²) in [5.74, 6) is -0.0709. The first-order valence-corrected chi connectivity index (χ1v) is 7.87. The number of carbonyl (C=O) groups excluding carboxylic acids is 1. The fraction of sp³-hybridized carbons (Fsp3) is 0.250. The number of H-pyrrole nitrogens is 1. The molecule has 1 amide bonds. The standard InChI is InChI=1S/C16H17N3OS/c1-2-12-10-18-15(21-12)7-8-17-16(20)14-9-11-5-3-4-6-13(11)19-14/h3-6,9-10,19H,2,7-8H2,1H3,(H,17,20). The largest absolute Gasteiger partial charge is 0.351 e. The van der Waals surface area contributed by atoms with Gasteiger partial charge in [0.05, 0.1) is 5.01 Å². The monoisotopic (exact) mass is 299 g/mol. The Hall–Kier alpha value is -2.14. The van der Waals surface area contributed by atoms with E-state index in [4.69, 9.17) is 0 Å². The molecule has 0 fully saturated rings. The van der Waals surface area contributed by atoms with Gasteiger partial charge >= 0.3 is 0 Å². The maximum absolute atomic E-state index is 12.1. The Morgan fingerprint density at radius 2 is 2.24 bits per heavy atom. The highest BCUT2D eigenvalue weighted by molar-refractivity contribution is 7.11. The van der Waals surface area contributed by atoms with Crippen molar-refractivity contribution in [2.75, 3.05) is 6.54 Å². The van der Waals surface area contributed by atoms with Crippen molar-refractivity contribution in [1.29, 1.82) is 0 Å².